The predicted octanol–water partition coefficient (Wildman–Crippen LogP) is 3.97. The zero-order valence-electron chi connectivity index (χ0n) is 14.1. The first-order valence-corrected chi connectivity index (χ1v) is 9.27. The highest BCUT2D eigenvalue weighted by molar-refractivity contribution is 14.1. The number of phenols is 1. The summed E-state index contributed by atoms with van der Waals surface area (Å²) in [4.78, 5) is 14.3. The summed E-state index contributed by atoms with van der Waals surface area (Å²) in [7, 11) is 0. The van der Waals surface area contributed by atoms with E-state index >= 15 is 0 Å². The fourth-order valence-corrected chi connectivity index (χ4v) is 2.95. The summed E-state index contributed by atoms with van der Waals surface area (Å²) in [5.41, 5.74) is 1.25. The Labute approximate surface area is 161 Å². The second kappa shape index (κ2) is 9.58. The fraction of sp³-hybridized carbons (Fsp3) is 0.250. The Morgan fingerprint density at radius 3 is 2.64 bits per heavy atom. The van der Waals surface area contributed by atoms with Crippen LogP contribution in [0.25, 0.3) is 0 Å². The second-order valence-corrected chi connectivity index (χ2v) is 7.00. The predicted molar refractivity (Wildman–Crippen MR) is 107 cm³/mol. The highest BCUT2D eigenvalue weighted by Crippen LogP contribution is 2.22. The molecule has 0 radical (unpaired) electrons. The molecule has 0 saturated carbocycles. The Morgan fingerprint density at radius 1 is 1.24 bits per heavy atom. The molecule has 0 saturated heterocycles. The van der Waals surface area contributed by atoms with E-state index in [1.807, 2.05) is 43.3 Å². The number of rotatable bonds is 7. The Morgan fingerprint density at radius 2 is 1.96 bits per heavy atom. The molecule has 4 nitrogen and oxygen atoms in total. The number of aliphatic hydroxyl groups is 1. The third-order valence-electron chi connectivity index (χ3n) is 3.69. The van der Waals surface area contributed by atoms with Crippen LogP contribution in [0, 0.1) is 3.57 Å². The van der Waals surface area contributed by atoms with Gasteiger partial charge in [0.15, 0.2) is 0 Å². The van der Waals surface area contributed by atoms with Crippen LogP contribution in [-0.4, -0.2) is 33.7 Å². The fourth-order valence-electron chi connectivity index (χ4n) is 2.46. The number of aromatic hydroxyl groups is 1. The first kappa shape index (κ1) is 19.5. The number of allylic oxidation sites excluding steroid dienone is 1. The minimum Gasteiger partial charge on any atom is -0.507 e. The summed E-state index contributed by atoms with van der Waals surface area (Å²) >= 11 is 2.10. The Kier molecular flexibility index (Phi) is 7.46. The van der Waals surface area contributed by atoms with Gasteiger partial charge in [-0.2, -0.15) is 0 Å². The first-order valence-electron chi connectivity index (χ1n) is 8.19. The second-order valence-electron chi connectivity index (χ2n) is 5.76. The summed E-state index contributed by atoms with van der Waals surface area (Å²) in [6.45, 7) is 2.14. The molecule has 1 unspecified atom stereocenters. The molecule has 0 heterocycles. The molecule has 1 amide bonds. The van der Waals surface area contributed by atoms with Crippen molar-refractivity contribution >= 4 is 28.5 Å². The van der Waals surface area contributed by atoms with Gasteiger partial charge in [-0.1, -0.05) is 43.3 Å². The lowest BCUT2D eigenvalue weighted by atomic mass is 10.1. The molecule has 0 aliphatic carbocycles. The van der Waals surface area contributed by atoms with Gasteiger partial charge >= 0.3 is 0 Å². The number of hydrogen-bond donors (Lipinski definition) is 2. The van der Waals surface area contributed by atoms with Crippen LogP contribution in [0.15, 0.2) is 60.8 Å². The lowest BCUT2D eigenvalue weighted by molar-refractivity contribution is 0.0718. The number of carbonyl (C=O) groups excluding carboxylic acids is 1. The van der Waals surface area contributed by atoms with Crippen LogP contribution in [0.2, 0.25) is 0 Å². The summed E-state index contributed by atoms with van der Waals surface area (Å²) in [5, 5.41) is 20.4. The molecule has 0 spiro atoms. The molecule has 2 aromatic carbocycles. The number of nitrogens with zero attached hydrogens (tertiary/aromatic N) is 1. The van der Waals surface area contributed by atoms with E-state index in [0.717, 1.165) is 15.6 Å². The lowest BCUT2D eigenvalue weighted by Crippen LogP contribution is -2.34. The van der Waals surface area contributed by atoms with Gasteiger partial charge in [-0.15, -0.1) is 0 Å². The number of hydrogen-bond acceptors (Lipinski definition) is 3. The maximum absolute atomic E-state index is 12.8. The van der Waals surface area contributed by atoms with Gasteiger partial charge in [-0.25, -0.2) is 0 Å². The largest absolute Gasteiger partial charge is 0.507 e. The highest BCUT2D eigenvalue weighted by Gasteiger charge is 2.20. The minimum absolute atomic E-state index is 0.0575. The van der Waals surface area contributed by atoms with Crippen LogP contribution in [0.5, 0.6) is 5.75 Å². The topological polar surface area (TPSA) is 60.8 Å². The first-order chi connectivity index (χ1) is 12.0. The van der Waals surface area contributed by atoms with Crippen LogP contribution in [0.3, 0.4) is 0 Å². The van der Waals surface area contributed by atoms with Crippen LogP contribution in [0.4, 0.5) is 0 Å². The van der Waals surface area contributed by atoms with Crippen molar-refractivity contribution in [3.8, 4) is 5.75 Å². The number of benzene rings is 2. The van der Waals surface area contributed by atoms with E-state index in [4.69, 9.17) is 0 Å². The Balaban J connectivity index is 2.16. The molecular weight excluding hydrogens is 429 g/mol. The van der Waals surface area contributed by atoms with Gasteiger partial charge in [0, 0.05) is 16.2 Å². The van der Waals surface area contributed by atoms with Crippen molar-refractivity contribution < 1.29 is 15.0 Å². The SMILES string of the molecule is CCC=CN(CC(O)Cc1ccccc1)C(=O)c1cc(I)ccc1O. The van der Waals surface area contributed by atoms with Crippen molar-refractivity contribution in [1.29, 1.82) is 0 Å². The number of halogens is 1. The summed E-state index contributed by atoms with van der Waals surface area (Å²) < 4.78 is 0.864. The molecule has 0 aromatic heterocycles. The van der Waals surface area contributed by atoms with E-state index in [0.29, 0.717) is 6.42 Å². The molecule has 0 bridgehead atoms. The van der Waals surface area contributed by atoms with Crippen molar-refractivity contribution in [2.24, 2.45) is 0 Å². The third kappa shape index (κ3) is 5.86. The van der Waals surface area contributed by atoms with Crippen LogP contribution in [-0.2, 0) is 6.42 Å². The van der Waals surface area contributed by atoms with Crippen molar-refractivity contribution in [3.63, 3.8) is 0 Å². The number of aliphatic hydroxyl groups excluding tert-OH is 1. The van der Waals surface area contributed by atoms with Crippen molar-refractivity contribution in [2.45, 2.75) is 25.9 Å². The average molecular weight is 451 g/mol. The molecule has 5 heteroatoms. The molecule has 25 heavy (non-hydrogen) atoms. The van der Waals surface area contributed by atoms with Gasteiger partial charge in [0.2, 0.25) is 0 Å². The molecule has 2 aromatic rings. The molecule has 2 N–H and O–H groups in total. The molecule has 132 valence electrons. The average Bonchev–Trinajstić information content (AvgIpc) is 2.61. The number of phenolic OH excluding ortho intramolecular Hbond substituents is 1. The van der Waals surface area contributed by atoms with E-state index in [2.05, 4.69) is 22.6 Å². The van der Waals surface area contributed by atoms with E-state index in [1.165, 1.54) is 11.0 Å². The number of amides is 1. The minimum atomic E-state index is -0.696. The van der Waals surface area contributed by atoms with E-state index in [1.54, 1.807) is 18.3 Å². The van der Waals surface area contributed by atoms with Gasteiger partial charge in [-0.3, -0.25) is 4.79 Å². The van der Waals surface area contributed by atoms with Gasteiger partial charge in [0.1, 0.15) is 5.75 Å². The molecule has 0 aliphatic rings. The zero-order chi connectivity index (χ0) is 18.2. The maximum atomic E-state index is 12.8. The summed E-state index contributed by atoms with van der Waals surface area (Å²) in [6.07, 6.45) is 4.08. The molecule has 2 rings (SSSR count). The molecule has 0 aliphatic heterocycles. The van der Waals surface area contributed by atoms with Gasteiger partial charge < -0.3 is 15.1 Å². The van der Waals surface area contributed by atoms with Crippen molar-refractivity contribution in [3.05, 3.63) is 75.5 Å². The van der Waals surface area contributed by atoms with E-state index in [9.17, 15) is 15.0 Å². The smallest absolute Gasteiger partial charge is 0.261 e. The highest BCUT2D eigenvalue weighted by atomic mass is 127. The van der Waals surface area contributed by atoms with Gasteiger partial charge in [0.05, 0.1) is 18.2 Å². The Hall–Kier alpha value is -1.86. The summed E-state index contributed by atoms with van der Waals surface area (Å²) in [6, 6.07) is 14.6. The molecule has 1 atom stereocenters. The third-order valence-corrected chi connectivity index (χ3v) is 4.36. The van der Waals surface area contributed by atoms with Crippen LogP contribution in [0.1, 0.15) is 29.3 Å². The van der Waals surface area contributed by atoms with Crippen LogP contribution < -0.4 is 0 Å². The Bertz CT molecular complexity index is 731. The van der Waals surface area contributed by atoms with Gasteiger partial charge in [-0.05, 0) is 52.8 Å². The monoisotopic (exact) mass is 451 g/mol. The zero-order valence-corrected chi connectivity index (χ0v) is 16.3. The van der Waals surface area contributed by atoms with Crippen LogP contribution >= 0.6 is 22.6 Å². The summed E-state index contributed by atoms with van der Waals surface area (Å²) in [5.74, 6) is -0.384. The van der Waals surface area contributed by atoms with Crippen molar-refractivity contribution in [2.75, 3.05) is 6.54 Å². The lowest BCUT2D eigenvalue weighted by Gasteiger charge is -2.22. The molecule has 0 fully saturated rings. The number of carbonyl (C=O) groups is 1. The van der Waals surface area contributed by atoms with Gasteiger partial charge in [0.25, 0.3) is 5.91 Å². The van der Waals surface area contributed by atoms with Crippen molar-refractivity contribution in [1.82, 2.24) is 4.90 Å². The van der Waals surface area contributed by atoms with E-state index in [-0.39, 0.29) is 23.8 Å². The maximum Gasteiger partial charge on any atom is 0.261 e. The standard InChI is InChI=1S/C20H22INO3/c1-2-3-11-22(14-17(23)12-15-7-5-4-6-8-15)20(25)18-13-16(21)9-10-19(18)24/h3-11,13,17,23-24H,2,12,14H2,1H3. The molecular formula is C20H22INO3. The normalized spacial score (nSPS) is 12.3. The quantitative estimate of drug-likeness (QED) is 0.627. The van der Waals surface area contributed by atoms with E-state index < -0.39 is 6.10 Å².